The minimum Gasteiger partial charge on any atom is -0.369 e. The van der Waals surface area contributed by atoms with E-state index in [1.54, 1.807) is 6.20 Å². The van der Waals surface area contributed by atoms with Gasteiger partial charge in [-0.25, -0.2) is 4.98 Å². The Bertz CT molecular complexity index is 390. The van der Waals surface area contributed by atoms with Gasteiger partial charge < -0.3 is 5.73 Å². The quantitative estimate of drug-likeness (QED) is 0.670. The second kappa shape index (κ2) is 3.94. The molecule has 0 atom stereocenters. The molecule has 2 aromatic rings. The Balaban J connectivity index is 0.000000396. The van der Waals surface area contributed by atoms with Gasteiger partial charge in [-0.15, -0.1) is 0 Å². The van der Waals surface area contributed by atoms with E-state index in [2.05, 4.69) is 4.98 Å². The van der Waals surface area contributed by atoms with Gasteiger partial charge in [0.05, 0.1) is 11.7 Å². The van der Waals surface area contributed by atoms with Crippen LogP contribution in [0.5, 0.6) is 0 Å². The van der Waals surface area contributed by atoms with Gasteiger partial charge >= 0.3 is 0 Å². The third-order valence-electron chi connectivity index (χ3n) is 1.72. The van der Waals surface area contributed by atoms with Crippen LogP contribution in [0.15, 0.2) is 24.5 Å². The molecule has 0 unspecified atom stereocenters. The van der Waals surface area contributed by atoms with Crippen molar-refractivity contribution in [1.82, 2.24) is 9.38 Å². The lowest BCUT2D eigenvalue weighted by atomic mass is 10.3. The van der Waals surface area contributed by atoms with Crippen molar-refractivity contribution in [3.8, 4) is 0 Å². The molecule has 13 heavy (non-hydrogen) atoms. The molecule has 3 nitrogen and oxygen atoms in total. The van der Waals surface area contributed by atoms with Crippen LogP contribution in [0.25, 0.3) is 5.52 Å². The molecule has 2 N–H and O–H groups in total. The van der Waals surface area contributed by atoms with Crippen molar-refractivity contribution in [1.29, 1.82) is 0 Å². The van der Waals surface area contributed by atoms with Crippen molar-refractivity contribution in [2.75, 3.05) is 5.73 Å². The molecular formula is C10H15N3. The molecule has 70 valence electrons. The van der Waals surface area contributed by atoms with Crippen LogP contribution >= 0.6 is 0 Å². The van der Waals surface area contributed by atoms with Crippen molar-refractivity contribution < 1.29 is 0 Å². The number of rotatable bonds is 0. The minimum absolute atomic E-state index is 0.542. The summed E-state index contributed by atoms with van der Waals surface area (Å²) in [7, 11) is 0. The fourth-order valence-corrected chi connectivity index (χ4v) is 1.13. The fraction of sp³-hybridized carbons (Fsp3) is 0.300. The lowest BCUT2D eigenvalue weighted by Crippen LogP contribution is -1.93. The highest BCUT2D eigenvalue weighted by Crippen LogP contribution is 2.09. The topological polar surface area (TPSA) is 43.3 Å². The van der Waals surface area contributed by atoms with Gasteiger partial charge in [0.25, 0.3) is 0 Å². The van der Waals surface area contributed by atoms with Crippen LogP contribution in [0.2, 0.25) is 0 Å². The van der Waals surface area contributed by atoms with E-state index in [9.17, 15) is 0 Å². The molecule has 0 fully saturated rings. The first kappa shape index (κ1) is 9.58. The molecule has 0 amide bonds. The lowest BCUT2D eigenvalue weighted by molar-refractivity contribution is 1.16. The monoisotopic (exact) mass is 177 g/mol. The molecule has 0 aliphatic heterocycles. The summed E-state index contributed by atoms with van der Waals surface area (Å²) in [5.41, 5.74) is 7.84. The maximum Gasteiger partial charge on any atom is 0.204 e. The SMILES string of the molecule is CC.Cc1ccn2c(N)ncc2c1. The number of nitrogen functional groups attached to an aromatic ring is 1. The summed E-state index contributed by atoms with van der Waals surface area (Å²) in [5, 5.41) is 0. The van der Waals surface area contributed by atoms with E-state index < -0.39 is 0 Å². The third kappa shape index (κ3) is 1.80. The maximum absolute atomic E-state index is 5.58. The van der Waals surface area contributed by atoms with Crippen molar-refractivity contribution >= 4 is 11.5 Å². The third-order valence-corrected chi connectivity index (χ3v) is 1.72. The number of fused-ring (bicyclic) bond motifs is 1. The Labute approximate surface area is 78.2 Å². The second-order valence-electron chi connectivity index (χ2n) is 2.62. The van der Waals surface area contributed by atoms with Crippen molar-refractivity contribution in [2.24, 2.45) is 0 Å². The van der Waals surface area contributed by atoms with Crippen LogP contribution in [-0.2, 0) is 0 Å². The molecule has 0 bridgehead atoms. The Morgan fingerprint density at radius 1 is 1.38 bits per heavy atom. The number of aromatic nitrogens is 2. The summed E-state index contributed by atoms with van der Waals surface area (Å²) < 4.78 is 1.85. The molecule has 0 saturated carbocycles. The second-order valence-corrected chi connectivity index (χ2v) is 2.62. The van der Waals surface area contributed by atoms with Crippen molar-refractivity contribution in [2.45, 2.75) is 20.8 Å². The average molecular weight is 177 g/mol. The Morgan fingerprint density at radius 2 is 2.08 bits per heavy atom. The zero-order chi connectivity index (χ0) is 9.84. The van der Waals surface area contributed by atoms with Gasteiger partial charge in [0, 0.05) is 6.20 Å². The van der Waals surface area contributed by atoms with Gasteiger partial charge in [-0.3, -0.25) is 4.40 Å². The summed E-state index contributed by atoms with van der Waals surface area (Å²) in [6.07, 6.45) is 3.69. The molecule has 0 aliphatic carbocycles. The first-order valence-electron chi connectivity index (χ1n) is 4.46. The van der Waals surface area contributed by atoms with Gasteiger partial charge in [0.2, 0.25) is 5.95 Å². The van der Waals surface area contributed by atoms with Gasteiger partial charge in [-0.1, -0.05) is 13.8 Å². The van der Waals surface area contributed by atoms with Gasteiger partial charge in [-0.05, 0) is 24.6 Å². The van der Waals surface area contributed by atoms with Crippen LogP contribution < -0.4 is 5.73 Å². The highest BCUT2D eigenvalue weighted by Gasteiger charge is 1.96. The molecule has 2 heterocycles. The predicted octanol–water partition coefficient (Wildman–Crippen LogP) is 2.25. The number of hydrogen-bond donors (Lipinski definition) is 1. The number of aryl methyl sites for hydroxylation is 1. The standard InChI is InChI=1S/C8H9N3.C2H6/c1-6-2-3-11-7(4-6)5-10-8(11)9;1-2/h2-5H,1H3,(H2,9,10);1-2H3. The Kier molecular flexibility index (Phi) is 2.90. The molecule has 2 aromatic heterocycles. The molecule has 0 saturated heterocycles. The molecule has 2 rings (SSSR count). The average Bonchev–Trinajstić information content (AvgIpc) is 2.51. The maximum atomic E-state index is 5.58. The van der Waals surface area contributed by atoms with E-state index in [-0.39, 0.29) is 0 Å². The molecule has 0 spiro atoms. The molecule has 0 aromatic carbocycles. The smallest absolute Gasteiger partial charge is 0.204 e. The highest BCUT2D eigenvalue weighted by molar-refractivity contribution is 5.52. The van der Waals surface area contributed by atoms with E-state index in [1.165, 1.54) is 5.56 Å². The zero-order valence-electron chi connectivity index (χ0n) is 8.28. The first-order chi connectivity index (χ1) is 6.27. The zero-order valence-corrected chi connectivity index (χ0v) is 8.28. The van der Waals surface area contributed by atoms with Crippen molar-refractivity contribution in [3.63, 3.8) is 0 Å². The number of nitrogens with zero attached hydrogens (tertiary/aromatic N) is 2. The fourth-order valence-electron chi connectivity index (χ4n) is 1.13. The number of nitrogens with two attached hydrogens (primary N) is 1. The number of pyridine rings is 1. The Morgan fingerprint density at radius 3 is 2.77 bits per heavy atom. The van der Waals surface area contributed by atoms with Crippen LogP contribution in [0.1, 0.15) is 19.4 Å². The van der Waals surface area contributed by atoms with E-state index in [0.717, 1.165) is 5.52 Å². The van der Waals surface area contributed by atoms with Crippen molar-refractivity contribution in [3.05, 3.63) is 30.1 Å². The van der Waals surface area contributed by atoms with Crippen LogP contribution in [0, 0.1) is 6.92 Å². The minimum atomic E-state index is 0.542. The van der Waals surface area contributed by atoms with Crippen LogP contribution in [0.4, 0.5) is 5.95 Å². The van der Waals surface area contributed by atoms with E-state index >= 15 is 0 Å². The van der Waals surface area contributed by atoms with Crippen LogP contribution in [-0.4, -0.2) is 9.38 Å². The van der Waals surface area contributed by atoms with E-state index in [4.69, 9.17) is 5.73 Å². The van der Waals surface area contributed by atoms with Crippen LogP contribution in [0.3, 0.4) is 0 Å². The number of anilines is 1. The summed E-state index contributed by atoms with van der Waals surface area (Å²) >= 11 is 0. The molecule has 3 heteroatoms. The predicted molar refractivity (Wildman–Crippen MR) is 55.7 cm³/mol. The first-order valence-corrected chi connectivity index (χ1v) is 4.46. The highest BCUT2D eigenvalue weighted by atomic mass is 15.1. The summed E-state index contributed by atoms with van der Waals surface area (Å²) in [6.45, 7) is 6.04. The normalized spacial score (nSPS) is 9.46. The van der Waals surface area contributed by atoms with Gasteiger partial charge in [-0.2, -0.15) is 0 Å². The Hall–Kier alpha value is -1.51. The largest absolute Gasteiger partial charge is 0.369 e. The lowest BCUT2D eigenvalue weighted by Gasteiger charge is -1.95. The summed E-state index contributed by atoms with van der Waals surface area (Å²) in [6, 6.07) is 4.05. The van der Waals surface area contributed by atoms with E-state index in [0.29, 0.717) is 5.95 Å². The number of imidazole rings is 1. The summed E-state index contributed by atoms with van der Waals surface area (Å²) in [5.74, 6) is 0.542. The molecule has 0 radical (unpaired) electrons. The van der Waals surface area contributed by atoms with Gasteiger partial charge in [0.15, 0.2) is 0 Å². The number of hydrogen-bond acceptors (Lipinski definition) is 2. The van der Waals surface area contributed by atoms with E-state index in [1.807, 2.05) is 43.5 Å². The molecule has 0 aliphatic rings. The molecular weight excluding hydrogens is 162 g/mol. The summed E-state index contributed by atoms with van der Waals surface area (Å²) in [4.78, 5) is 3.98. The van der Waals surface area contributed by atoms with Gasteiger partial charge in [0.1, 0.15) is 0 Å².